The van der Waals surface area contributed by atoms with Gasteiger partial charge in [0.05, 0.1) is 11.5 Å². The monoisotopic (exact) mass is 350 g/mol. The highest BCUT2D eigenvalue weighted by Gasteiger charge is 2.07. The highest BCUT2D eigenvalue weighted by atomic mass is 32.2. The van der Waals surface area contributed by atoms with E-state index in [4.69, 9.17) is 9.88 Å². The number of aromatic nitrogens is 3. The minimum atomic E-state index is -3.67. The first-order valence-corrected chi connectivity index (χ1v) is 9.25. The molecule has 3 rings (SSSR count). The van der Waals surface area contributed by atoms with Crippen LogP contribution in [0.3, 0.4) is 0 Å². The average molecular weight is 350 g/mol. The number of ether oxygens (including phenoxy) is 1. The Morgan fingerprint density at radius 2 is 1.91 bits per heavy atom. The van der Waals surface area contributed by atoms with Crippen LogP contribution in [0.5, 0.6) is 5.75 Å². The first-order chi connectivity index (χ1) is 11.0. The molecular weight excluding hydrogens is 336 g/mol. The zero-order valence-electron chi connectivity index (χ0n) is 12.0. The van der Waals surface area contributed by atoms with E-state index in [-0.39, 0.29) is 4.90 Å². The molecule has 0 spiro atoms. The maximum Gasteiger partial charge on any atom is 0.238 e. The molecule has 0 aliphatic heterocycles. The van der Waals surface area contributed by atoms with Crippen LogP contribution in [0.25, 0.3) is 5.65 Å². The average Bonchev–Trinajstić information content (AvgIpc) is 2.94. The Morgan fingerprint density at radius 3 is 2.65 bits per heavy atom. The zero-order chi connectivity index (χ0) is 16.3. The van der Waals surface area contributed by atoms with Gasteiger partial charge in [0.15, 0.2) is 10.8 Å². The van der Waals surface area contributed by atoms with Gasteiger partial charge in [0.25, 0.3) is 0 Å². The van der Waals surface area contributed by atoms with Crippen LogP contribution in [0.4, 0.5) is 0 Å². The van der Waals surface area contributed by atoms with Gasteiger partial charge in [0.1, 0.15) is 5.75 Å². The predicted octanol–water partition coefficient (Wildman–Crippen LogP) is 1.55. The standard InChI is InChI=1S/C14H14N4O3S2/c15-23(19,20)12-6-4-11(5-7-12)21-9-10-22-14-17-16-13-3-1-2-8-18(13)14/h1-8H,9-10H2,(H2,15,19,20). The second-order valence-corrected chi connectivity index (χ2v) is 7.25. The highest BCUT2D eigenvalue weighted by molar-refractivity contribution is 7.99. The summed E-state index contributed by atoms with van der Waals surface area (Å²) in [5, 5.41) is 14.0. The Hall–Kier alpha value is -2.10. The summed E-state index contributed by atoms with van der Waals surface area (Å²) in [6, 6.07) is 11.7. The number of hydrogen-bond acceptors (Lipinski definition) is 6. The molecule has 1 aromatic carbocycles. The fraction of sp³-hybridized carbons (Fsp3) is 0.143. The van der Waals surface area contributed by atoms with Crippen LogP contribution in [-0.2, 0) is 10.0 Å². The molecule has 0 atom stereocenters. The molecule has 0 aliphatic carbocycles. The topological polar surface area (TPSA) is 99.6 Å². The van der Waals surface area contributed by atoms with Gasteiger partial charge in [-0.1, -0.05) is 17.8 Å². The van der Waals surface area contributed by atoms with E-state index in [1.54, 1.807) is 12.1 Å². The molecule has 0 bridgehead atoms. The van der Waals surface area contributed by atoms with Crippen molar-refractivity contribution in [3.8, 4) is 5.75 Å². The number of primary sulfonamides is 1. The van der Waals surface area contributed by atoms with Crippen molar-refractivity contribution < 1.29 is 13.2 Å². The lowest BCUT2D eigenvalue weighted by atomic mass is 10.3. The molecule has 0 saturated heterocycles. The van der Waals surface area contributed by atoms with Crippen molar-refractivity contribution in [1.82, 2.24) is 14.6 Å². The second-order valence-electron chi connectivity index (χ2n) is 4.62. The number of nitrogens with two attached hydrogens (primary N) is 1. The quantitative estimate of drug-likeness (QED) is 0.535. The number of hydrogen-bond donors (Lipinski definition) is 1. The van der Waals surface area contributed by atoms with Crippen LogP contribution in [0.2, 0.25) is 0 Å². The third-order valence-electron chi connectivity index (χ3n) is 3.02. The van der Waals surface area contributed by atoms with Crippen LogP contribution in [0, 0.1) is 0 Å². The SMILES string of the molecule is NS(=O)(=O)c1ccc(OCCSc2nnc3ccccn23)cc1. The molecular formula is C14H14N4O3S2. The van der Waals surface area contributed by atoms with Crippen molar-refractivity contribution in [3.63, 3.8) is 0 Å². The molecule has 0 unspecified atom stereocenters. The molecule has 3 aromatic rings. The molecule has 0 fully saturated rings. The first-order valence-electron chi connectivity index (χ1n) is 6.72. The summed E-state index contributed by atoms with van der Waals surface area (Å²) < 4.78 is 29.8. The number of sulfonamides is 1. The fourth-order valence-electron chi connectivity index (χ4n) is 1.94. The summed E-state index contributed by atoms with van der Waals surface area (Å²) >= 11 is 1.53. The van der Waals surface area contributed by atoms with Gasteiger partial charge in [-0.3, -0.25) is 4.40 Å². The van der Waals surface area contributed by atoms with Crippen LogP contribution in [0.15, 0.2) is 58.7 Å². The maximum absolute atomic E-state index is 11.2. The maximum atomic E-state index is 11.2. The van der Waals surface area contributed by atoms with Gasteiger partial charge < -0.3 is 4.74 Å². The fourth-order valence-corrected chi connectivity index (χ4v) is 3.19. The van der Waals surface area contributed by atoms with Gasteiger partial charge in [-0.15, -0.1) is 10.2 Å². The van der Waals surface area contributed by atoms with Crippen molar-refractivity contribution in [2.24, 2.45) is 5.14 Å². The molecule has 0 radical (unpaired) electrons. The van der Waals surface area contributed by atoms with Crippen molar-refractivity contribution in [3.05, 3.63) is 48.7 Å². The molecule has 0 saturated carbocycles. The normalized spacial score (nSPS) is 11.7. The van der Waals surface area contributed by atoms with E-state index in [2.05, 4.69) is 10.2 Å². The molecule has 7 nitrogen and oxygen atoms in total. The van der Waals surface area contributed by atoms with Gasteiger partial charge in [0, 0.05) is 11.9 Å². The number of rotatable bonds is 6. The predicted molar refractivity (Wildman–Crippen MR) is 87.0 cm³/mol. The van der Waals surface area contributed by atoms with Crippen molar-refractivity contribution >= 4 is 27.4 Å². The Balaban J connectivity index is 1.54. The molecule has 0 aliphatic rings. The molecule has 9 heteroatoms. The van der Waals surface area contributed by atoms with Crippen molar-refractivity contribution in [1.29, 1.82) is 0 Å². The number of benzene rings is 1. The number of nitrogens with zero attached hydrogens (tertiary/aromatic N) is 3. The Morgan fingerprint density at radius 1 is 1.13 bits per heavy atom. The smallest absolute Gasteiger partial charge is 0.238 e. The lowest BCUT2D eigenvalue weighted by molar-refractivity contribution is 0.343. The van der Waals surface area contributed by atoms with Crippen LogP contribution in [0.1, 0.15) is 0 Å². The minimum absolute atomic E-state index is 0.0640. The number of pyridine rings is 1. The minimum Gasteiger partial charge on any atom is -0.493 e. The third-order valence-corrected chi connectivity index (χ3v) is 4.85. The summed E-state index contributed by atoms with van der Waals surface area (Å²) in [5.41, 5.74) is 0.800. The summed E-state index contributed by atoms with van der Waals surface area (Å²) in [7, 11) is -3.67. The molecule has 2 heterocycles. The van der Waals surface area contributed by atoms with Gasteiger partial charge in [0.2, 0.25) is 10.0 Å². The van der Waals surface area contributed by atoms with Crippen molar-refractivity contribution in [2.75, 3.05) is 12.4 Å². The molecule has 2 aromatic heterocycles. The van der Waals surface area contributed by atoms with Gasteiger partial charge in [-0.05, 0) is 36.4 Å². The van der Waals surface area contributed by atoms with Gasteiger partial charge in [-0.2, -0.15) is 0 Å². The Kier molecular flexibility index (Phi) is 4.51. The Bertz CT molecular complexity index is 907. The van der Waals surface area contributed by atoms with E-state index >= 15 is 0 Å². The molecule has 120 valence electrons. The first kappa shape index (κ1) is 15.8. The van der Waals surface area contributed by atoms with E-state index in [0.29, 0.717) is 18.1 Å². The van der Waals surface area contributed by atoms with E-state index in [1.165, 1.54) is 23.9 Å². The number of thioether (sulfide) groups is 1. The van der Waals surface area contributed by atoms with Gasteiger partial charge >= 0.3 is 0 Å². The highest BCUT2D eigenvalue weighted by Crippen LogP contribution is 2.18. The van der Waals surface area contributed by atoms with Gasteiger partial charge in [-0.25, -0.2) is 13.6 Å². The van der Waals surface area contributed by atoms with Crippen LogP contribution in [-0.4, -0.2) is 35.4 Å². The van der Waals surface area contributed by atoms with Crippen molar-refractivity contribution in [2.45, 2.75) is 10.1 Å². The molecule has 0 amide bonds. The zero-order valence-corrected chi connectivity index (χ0v) is 13.6. The van der Waals surface area contributed by atoms with Crippen LogP contribution < -0.4 is 9.88 Å². The number of fused-ring (bicyclic) bond motifs is 1. The van der Waals surface area contributed by atoms with Crippen LogP contribution >= 0.6 is 11.8 Å². The summed E-state index contributed by atoms with van der Waals surface area (Å²) in [5.74, 6) is 1.27. The largest absolute Gasteiger partial charge is 0.493 e. The van der Waals surface area contributed by atoms with E-state index < -0.39 is 10.0 Å². The van der Waals surface area contributed by atoms with E-state index in [9.17, 15) is 8.42 Å². The molecule has 23 heavy (non-hydrogen) atoms. The Labute approximate surface area is 137 Å². The lowest BCUT2D eigenvalue weighted by Gasteiger charge is -2.06. The second kappa shape index (κ2) is 6.57. The molecule has 2 N–H and O–H groups in total. The van der Waals surface area contributed by atoms with E-state index in [0.717, 1.165) is 10.8 Å². The summed E-state index contributed by atoms with van der Waals surface area (Å²) in [4.78, 5) is 0.0640. The van der Waals surface area contributed by atoms with E-state index in [1.807, 2.05) is 28.8 Å². The third kappa shape index (κ3) is 3.81. The summed E-state index contributed by atoms with van der Waals surface area (Å²) in [6.45, 7) is 0.459. The summed E-state index contributed by atoms with van der Waals surface area (Å²) in [6.07, 6.45) is 1.91. The lowest BCUT2D eigenvalue weighted by Crippen LogP contribution is -2.11.